The van der Waals surface area contributed by atoms with Gasteiger partial charge in [-0.25, -0.2) is 9.78 Å². The third-order valence-electron chi connectivity index (χ3n) is 4.66. The van der Waals surface area contributed by atoms with Gasteiger partial charge < -0.3 is 15.3 Å². The highest BCUT2D eigenvalue weighted by atomic mass is 32.1. The van der Waals surface area contributed by atoms with E-state index in [2.05, 4.69) is 10.3 Å². The Kier molecular flexibility index (Phi) is 4.56. The molecule has 142 valence electrons. The Balaban J connectivity index is 1.49. The molecule has 0 radical (unpaired) electrons. The van der Waals surface area contributed by atoms with Crippen LogP contribution in [-0.4, -0.2) is 34.4 Å². The van der Waals surface area contributed by atoms with Crippen LogP contribution in [-0.2, 0) is 9.59 Å². The SMILES string of the molecule is Cc1nc2cc(N3CC(C(=O)Nc4cccc(C(=O)O)c4)CC3=O)ccc2s1. The minimum atomic E-state index is -1.06. The molecule has 1 aliphatic heterocycles. The zero-order chi connectivity index (χ0) is 19.8. The molecular formula is C20H17N3O4S. The molecule has 2 amide bonds. The molecule has 28 heavy (non-hydrogen) atoms. The summed E-state index contributed by atoms with van der Waals surface area (Å²) in [5, 5.41) is 12.7. The lowest BCUT2D eigenvalue weighted by molar-refractivity contribution is -0.122. The summed E-state index contributed by atoms with van der Waals surface area (Å²) >= 11 is 1.59. The average molecular weight is 395 g/mol. The maximum Gasteiger partial charge on any atom is 0.335 e. The summed E-state index contributed by atoms with van der Waals surface area (Å²) in [6, 6.07) is 11.7. The number of hydrogen-bond acceptors (Lipinski definition) is 5. The number of carbonyl (C=O) groups is 3. The van der Waals surface area contributed by atoms with Crippen LogP contribution < -0.4 is 10.2 Å². The topological polar surface area (TPSA) is 99.6 Å². The van der Waals surface area contributed by atoms with Gasteiger partial charge in [-0.1, -0.05) is 6.07 Å². The number of aryl methyl sites for hydroxylation is 1. The summed E-state index contributed by atoms with van der Waals surface area (Å²) in [6.07, 6.45) is 0.110. The van der Waals surface area contributed by atoms with Crippen molar-refractivity contribution in [2.24, 2.45) is 5.92 Å². The highest BCUT2D eigenvalue weighted by Gasteiger charge is 2.35. The summed E-state index contributed by atoms with van der Waals surface area (Å²) in [4.78, 5) is 42.2. The van der Waals surface area contributed by atoms with Gasteiger partial charge in [0.25, 0.3) is 0 Å². The van der Waals surface area contributed by atoms with Gasteiger partial charge >= 0.3 is 5.97 Å². The van der Waals surface area contributed by atoms with Crippen LogP contribution in [0, 0.1) is 12.8 Å². The van der Waals surface area contributed by atoms with Crippen molar-refractivity contribution in [3.05, 3.63) is 53.0 Å². The number of anilines is 2. The first kappa shape index (κ1) is 18.1. The number of thiazole rings is 1. The van der Waals surface area contributed by atoms with Gasteiger partial charge in [0.1, 0.15) is 0 Å². The third kappa shape index (κ3) is 3.46. The summed E-state index contributed by atoms with van der Waals surface area (Å²) < 4.78 is 1.06. The molecule has 0 bridgehead atoms. The maximum absolute atomic E-state index is 12.6. The molecule has 0 aliphatic carbocycles. The van der Waals surface area contributed by atoms with Crippen LogP contribution in [0.3, 0.4) is 0 Å². The molecule has 1 aromatic heterocycles. The summed E-state index contributed by atoms with van der Waals surface area (Å²) in [7, 11) is 0. The quantitative estimate of drug-likeness (QED) is 0.706. The number of benzene rings is 2. The Labute approximate surface area is 164 Å². The number of hydrogen-bond donors (Lipinski definition) is 2. The van der Waals surface area contributed by atoms with Gasteiger partial charge in [0.15, 0.2) is 0 Å². The molecule has 2 heterocycles. The molecule has 1 atom stereocenters. The van der Waals surface area contributed by atoms with Crippen molar-refractivity contribution in [3.63, 3.8) is 0 Å². The van der Waals surface area contributed by atoms with Crippen LogP contribution in [0.1, 0.15) is 21.8 Å². The lowest BCUT2D eigenvalue weighted by Crippen LogP contribution is -2.28. The van der Waals surface area contributed by atoms with E-state index in [1.54, 1.807) is 28.4 Å². The Bertz CT molecular complexity index is 1110. The molecule has 2 N–H and O–H groups in total. The van der Waals surface area contributed by atoms with E-state index < -0.39 is 11.9 Å². The number of carboxylic acid groups (broad SMARTS) is 1. The van der Waals surface area contributed by atoms with E-state index >= 15 is 0 Å². The van der Waals surface area contributed by atoms with Gasteiger partial charge in [0, 0.05) is 24.3 Å². The number of aromatic carboxylic acids is 1. The molecule has 0 saturated carbocycles. The van der Waals surface area contributed by atoms with E-state index in [9.17, 15) is 14.4 Å². The Morgan fingerprint density at radius 3 is 2.86 bits per heavy atom. The zero-order valence-corrected chi connectivity index (χ0v) is 15.8. The minimum absolute atomic E-state index is 0.0915. The lowest BCUT2D eigenvalue weighted by atomic mass is 10.1. The molecular weight excluding hydrogens is 378 g/mol. The van der Waals surface area contributed by atoms with E-state index in [0.29, 0.717) is 5.69 Å². The van der Waals surface area contributed by atoms with Crippen LogP contribution in [0.25, 0.3) is 10.2 Å². The molecule has 1 fully saturated rings. The second-order valence-electron chi connectivity index (χ2n) is 6.67. The van der Waals surface area contributed by atoms with E-state index in [1.807, 2.05) is 25.1 Å². The van der Waals surface area contributed by atoms with Crippen molar-refractivity contribution < 1.29 is 19.5 Å². The number of carbonyl (C=O) groups excluding carboxylic acids is 2. The van der Waals surface area contributed by atoms with Crippen LogP contribution >= 0.6 is 11.3 Å². The van der Waals surface area contributed by atoms with Gasteiger partial charge in [-0.3, -0.25) is 9.59 Å². The second kappa shape index (κ2) is 7.05. The first-order chi connectivity index (χ1) is 13.4. The fourth-order valence-corrected chi connectivity index (χ4v) is 4.11. The standard InChI is InChI=1S/C20H17N3O4S/c1-11-21-16-9-15(5-6-17(16)28-11)23-10-13(8-18(23)24)19(25)22-14-4-2-3-12(7-14)20(26)27/h2-7,9,13H,8,10H2,1H3,(H,22,25)(H,26,27). The van der Waals surface area contributed by atoms with Crippen molar-refractivity contribution >= 4 is 50.7 Å². The first-order valence-corrected chi connectivity index (χ1v) is 9.54. The normalized spacial score (nSPS) is 16.5. The molecule has 3 aromatic rings. The summed E-state index contributed by atoms with van der Waals surface area (Å²) in [5.41, 5.74) is 2.06. The third-order valence-corrected chi connectivity index (χ3v) is 5.61. The number of carboxylic acids is 1. The second-order valence-corrected chi connectivity index (χ2v) is 7.90. The van der Waals surface area contributed by atoms with Gasteiger partial charge in [-0.15, -0.1) is 11.3 Å². The van der Waals surface area contributed by atoms with Gasteiger partial charge in [-0.05, 0) is 43.3 Å². The number of rotatable bonds is 4. The first-order valence-electron chi connectivity index (χ1n) is 8.72. The van der Waals surface area contributed by atoms with Crippen LogP contribution in [0.4, 0.5) is 11.4 Å². The molecule has 7 nitrogen and oxygen atoms in total. The Hall–Kier alpha value is -3.26. The maximum atomic E-state index is 12.6. The predicted octanol–water partition coefficient (Wildman–Crippen LogP) is 3.29. The minimum Gasteiger partial charge on any atom is -0.478 e. The highest BCUT2D eigenvalue weighted by molar-refractivity contribution is 7.18. The zero-order valence-electron chi connectivity index (χ0n) is 15.0. The highest BCUT2D eigenvalue weighted by Crippen LogP contribution is 2.30. The van der Waals surface area contributed by atoms with Crippen LogP contribution in [0.2, 0.25) is 0 Å². The van der Waals surface area contributed by atoms with Crippen LogP contribution in [0.5, 0.6) is 0 Å². The summed E-state index contributed by atoms with van der Waals surface area (Å²) in [6.45, 7) is 2.21. The van der Waals surface area contributed by atoms with Gasteiger partial charge in [-0.2, -0.15) is 0 Å². The average Bonchev–Trinajstić information content (AvgIpc) is 3.23. The Morgan fingerprint density at radius 2 is 2.07 bits per heavy atom. The van der Waals surface area contributed by atoms with Crippen molar-refractivity contribution in [1.82, 2.24) is 4.98 Å². The molecule has 4 rings (SSSR count). The fourth-order valence-electron chi connectivity index (χ4n) is 3.31. The van der Waals surface area contributed by atoms with E-state index in [-0.39, 0.29) is 30.3 Å². The van der Waals surface area contributed by atoms with E-state index in [0.717, 1.165) is 20.9 Å². The lowest BCUT2D eigenvalue weighted by Gasteiger charge is -2.16. The number of nitrogens with zero attached hydrogens (tertiary/aromatic N) is 2. The monoisotopic (exact) mass is 395 g/mol. The number of fused-ring (bicyclic) bond motifs is 1. The number of amides is 2. The van der Waals surface area contributed by atoms with Gasteiger partial charge in [0.2, 0.25) is 11.8 Å². The van der Waals surface area contributed by atoms with Crippen molar-refractivity contribution in [2.75, 3.05) is 16.8 Å². The van der Waals surface area contributed by atoms with Gasteiger partial charge in [0.05, 0.1) is 26.7 Å². The van der Waals surface area contributed by atoms with Crippen molar-refractivity contribution in [1.29, 1.82) is 0 Å². The number of nitrogens with one attached hydrogen (secondary N) is 1. The van der Waals surface area contributed by atoms with Crippen molar-refractivity contribution in [2.45, 2.75) is 13.3 Å². The molecule has 1 aliphatic rings. The predicted molar refractivity (Wildman–Crippen MR) is 107 cm³/mol. The fraction of sp³-hybridized carbons (Fsp3) is 0.200. The molecule has 1 saturated heterocycles. The Morgan fingerprint density at radius 1 is 1.25 bits per heavy atom. The van der Waals surface area contributed by atoms with E-state index in [1.165, 1.54) is 12.1 Å². The number of aromatic nitrogens is 1. The van der Waals surface area contributed by atoms with E-state index in [4.69, 9.17) is 5.11 Å². The largest absolute Gasteiger partial charge is 0.478 e. The van der Waals surface area contributed by atoms with Crippen molar-refractivity contribution in [3.8, 4) is 0 Å². The smallest absolute Gasteiger partial charge is 0.335 e. The molecule has 0 spiro atoms. The summed E-state index contributed by atoms with van der Waals surface area (Å²) in [5.74, 6) is -1.99. The molecule has 2 aromatic carbocycles. The molecule has 1 unspecified atom stereocenters. The molecule has 8 heteroatoms. The van der Waals surface area contributed by atoms with Crippen LogP contribution in [0.15, 0.2) is 42.5 Å².